The molecule has 2 aliphatic rings. The van der Waals surface area contributed by atoms with Crippen molar-refractivity contribution in [2.24, 2.45) is 4.99 Å². The lowest BCUT2D eigenvalue weighted by Crippen LogP contribution is -2.31. The van der Waals surface area contributed by atoms with Crippen molar-refractivity contribution in [3.63, 3.8) is 0 Å². The van der Waals surface area contributed by atoms with E-state index in [4.69, 9.17) is 4.74 Å². The van der Waals surface area contributed by atoms with Gasteiger partial charge in [-0.1, -0.05) is 18.2 Å². The summed E-state index contributed by atoms with van der Waals surface area (Å²) in [5, 5.41) is 3.15. The second-order valence-electron chi connectivity index (χ2n) is 4.41. The quantitative estimate of drug-likeness (QED) is 0.875. The molecule has 0 saturated carbocycles. The van der Waals surface area contributed by atoms with Crippen LogP contribution in [0.5, 0.6) is 0 Å². The predicted octanol–water partition coefficient (Wildman–Crippen LogP) is 2.24. The molecule has 2 heterocycles. The lowest BCUT2D eigenvalue weighted by atomic mass is 9.92. The Kier molecular flexibility index (Phi) is 2.99. The van der Waals surface area contributed by atoms with E-state index >= 15 is 0 Å². The molecule has 3 nitrogen and oxygen atoms in total. The van der Waals surface area contributed by atoms with Crippen LogP contribution < -0.4 is 5.32 Å². The number of hydrogen-bond acceptors (Lipinski definition) is 3. The van der Waals surface area contributed by atoms with Gasteiger partial charge in [-0.3, -0.25) is 4.99 Å². The maximum Gasteiger partial charge on any atom is 0.264 e. The smallest absolute Gasteiger partial charge is 0.264 e. The van der Waals surface area contributed by atoms with Crippen molar-refractivity contribution in [2.75, 3.05) is 19.7 Å². The van der Waals surface area contributed by atoms with Crippen LogP contribution in [0.3, 0.4) is 0 Å². The third kappa shape index (κ3) is 1.88. The number of rotatable bonds is 2. The molecule has 0 bridgehead atoms. The van der Waals surface area contributed by atoms with Gasteiger partial charge in [0.15, 0.2) is 0 Å². The molecule has 1 atom stereocenters. The van der Waals surface area contributed by atoms with Crippen molar-refractivity contribution in [1.82, 2.24) is 5.32 Å². The second kappa shape index (κ2) is 4.65. The first-order chi connectivity index (χ1) is 8.77. The number of amidine groups is 1. The van der Waals surface area contributed by atoms with Crippen molar-refractivity contribution < 1.29 is 13.5 Å². The first-order valence-electron chi connectivity index (χ1n) is 6.07. The number of ether oxygens (including phenoxy) is 1. The summed E-state index contributed by atoms with van der Waals surface area (Å²) < 4.78 is 31.6. The summed E-state index contributed by atoms with van der Waals surface area (Å²) in [5.74, 6) is 0.766. The third-order valence-corrected chi connectivity index (χ3v) is 3.35. The minimum Gasteiger partial charge on any atom is -0.369 e. The molecule has 18 heavy (non-hydrogen) atoms. The number of hydrogen-bond donors (Lipinski definition) is 1. The molecule has 96 valence electrons. The van der Waals surface area contributed by atoms with Crippen LogP contribution in [0.4, 0.5) is 8.78 Å². The zero-order chi connectivity index (χ0) is 12.5. The first kappa shape index (κ1) is 11.6. The van der Waals surface area contributed by atoms with Crippen LogP contribution in [-0.2, 0) is 11.2 Å². The number of benzene rings is 1. The third-order valence-electron chi connectivity index (χ3n) is 3.35. The van der Waals surface area contributed by atoms with Gasteiger partial charge in [-0.2, -0.15) is 0 Å². The van der Waals surface area contributed by atoms with Crippen molar-refractivity contribution in [3.05, 3.63) is 34.9 Å². The molecule has 1 unspecified atom stereocenters. The summed E-state index contributed by atoms with van der Waals surface area (Å²) in [6, 6.07) is 5.01. The van der Waals surface area contributed by atoms with E-state index in [2.05, 4.69) is 10.3 Å². The highest BCUT2D eigenvalue weighted by atomic mass is 19.3. The van der Waals surface area contributed by atoms with Gasteiger partial charge in [-0.05, 0) is 17.5 Å². The van der Waals surface area contributed by atoms with E-state index in [9.17, 15) is 8.78 Å². The van der Waals surface area contributed by atoms with Gasteiger partial charge in [0.1, 0.15) is 11.9 Å². The Morgan fingerprint density at radius 1 is 1.39 bits per heavy atom. The largest absolute Gasteiger partial charge is 0.369 e. The number of halogens is 2. The van der Waals surface area contributed by atoms with E-state index in [1.165, 1.54) is 6.07 Å². The van der Waals surface area contributed by atoms with Gasteiger partial charge in [-0.25, -0.2) is 8.78 Å². The Balaban J connectivity index is 2.03. The van der Waals surface area contributed by atoms with Gasteiger partial charge in [0, 0.05) is 12.1 Å². The number of aliphatic imine (C=N–C) groups is 1. The molecular weight excluding hydrogens is 238 g/mol. The van der Waals surface area contributed by atoms with E-state index in [0.717, 1.165) is 30.1 Å². The summed E-state index contributed by atoms with van der Waals surface area (Å²) in [6.45, 7) is 1.97. The number of nitrogens with zero attached hydrogens (tertiary/aromatic N) is 1. The molecule has 0 saturated heterocycles. The van der Waals surface area contributed by atoms with E-state index in [-0.39, 0.29) is 11.7 Å². The fourth-order valence-electron chi connectivity index (χ4n) is 2.55. The summed E-state index contributed by atoms with van der Waals surface area (Å²) >= 11 is 0. The number of fused-ring (bicyclic) bond motifs is 1. The minimum absolute atomic E-state index is 0.124. The fourth-order valence-corrected chi connectivity index (χ4v) is 2.55. The Labute approximate surface area is 104 Å². The number of nitrogens with one attached hydrogen (secondary N) is 1. The molecule has 0 amide bonds. The standard InChI is InChI=1S/C13H14F2N2O/c14-12(15)10-3-1-2-9-8(10)4-7-18-11(9)13-16-5-6-17-13/h1-3,11-12H,4-7H2,(H,16,17). The predicted molar refractivity (Wildman–Crippen MR) is 64.1 cm³/mol. The van der Waals surface area contributed by atoms with Crippen molar-refractivity contribution in [1.29, 1.82) is 0 Å². The molecule has 1 aromatic carbocycles. The Morgan fingerprint density at radius 3 is 3.00 bits per heavy atom. The van der Waals surface area contributed by atoms with Gasteiger partial charge >= 0.3 is 0 Å². The highest BCUT2D eigenvalue weighted by molar-refractivity contribution is 5.89. The van der Waals surface area contributed by atoms with Crippen LogP contribution in [0.25, 0.3) is 0 Å². The molecule has 0 fully saturated rings. The molecule has 3 rings (SSSR count). The minimum atomic E-state index is -2.43. The van der Waals surface area contributed by atoms with Crippen LogP contribution in [0.1, 0.15) is 29.2 Å². The van der Waals surface area contributed by atoms with Gasteiger partial charge < -0.3 is 10.1 Å². The summed E-state index contributed by atoms with van der Waals surface area (Å²) in [7, 11) is 0. The average Bonchev–Trinajstić information content (AvgIpc) is 2.91. The monoisotopic (exact) mass is 252 g/mol. The molecule has 5 heteroatoms. The summed E-state index contributed by atoms with van der Waals surface area (Å²) in [5.41, 5.74) is 1.67. The molecular formula is C13H14F2N2O. The van der Waals surface area contributed by atoms with E-state index in [1.54, 1.807) is 6.07 Å². The van der Waals surface area contributed by atoms with Crippen LogP contribution in [-0.4, -0.2) is 25.5 Å². The average molecular weight is 252 g/mol. The van der Waals surface area contributed by atoms with Crippen LogP contribution in [0.2, 0.25) is 0 Å². The van der Waals surface area contributed by atoms with Gasteiger partial charge in [0.2, 0.25) is 0 Å². The summed E-state index contributed by atoms with van der Waals surface area (Å²) in [6.07, 6.45) is -2.20. The SMILES string of the molecule is FC(F)c1cccc2c1CCOC2C1=NCCN1. The molecule has 0 radical (unpaired) electrons. The van der Waals surface area contributed by atoms with E-state index < -0.39 is 6.43 Å². The lowest BCUT2D eigenvalue weighted by molar-refractivity contribution is 0.0831. The second-order valence-corrected chi connectivity index (χ2v) is 4.41. The fraction of sp³-hybridized carbons (Fsp3) is 0.462. The van der Waals surface area contributed by atoms with Crippen molar-refractivity contribution in [3.8, 4) is 0 Å². The highest BCUT2D eigenvalue weighted by Gasteiger charge is 2.29. The maximum absolute atomic E-state index is 13.0. The van der Waals surface area contributed by atoms with E-state index in [1.807, 2.05) is 6.07 Å². The van der Waals surface area contributed by atoms with Crippen molar-refractivity contribution in [2.45, 2.75) is 19.0 Å². The lowest BCUT2D eigenvalue weighted by Gasteiger charge is -2.27. The Morgan fingerprint density at radius 2 is 2.28 bits per heavy atom. The van der Waals surface area contributed by atoms with Gasteiger partial charge in [0.05, 0.1) is 13.2 Å². The van der Waals surface area contributed by atoms with Gasteiger partial charge in [-0.15, -0.1) is 0 Å². The van der Waals surface area contributed by atoms with Crippen LogP contribution in [0, 0.1) is 0 Å². The van der Waals surface area contributed by atoms with Gasteiger partial charge in [0.25, 0.3) is 6.43 Å². The molecule has 2 aliphatic heterocycles. The Hall–Kier alpha value is -1.49. The highest BCUT2D eigenvalue weighted by Crippen LogP contribution is 2.34. The number of alkyl halides is 2. The molecule has 0 aromatic heterocycles. The zero-order valence-electron chi connectivity index (χ0n) is 9.83. The van der Waals surface area contributed by atoms with E-state index in [0.29, 0.717) is 13.0 Å². The normalized spacial score (nSPS) is 22.6. The maximum atomic E-state index is 13.0. The summed E-state index contributed by atoms with van der Waals surface area (Å²) in [4.78, 5) is 4.33. The molecule has 1 aromatic rings. The molecule has 0 aliphatic carbocycles. The van der Waals surface area contributed by atoms with Crippen LogP contribution in [0.15, 0.2) is 23.2 Å². The van der Waals surface area contributed by atoms with Crippen molar-refractivity contribution >= 4 is 5.84 Å². The zero-order valence-corrected chi connectivity index (χ0v) is 9.83. The molecule has 1 N–H and O–H groups in total. The van der Waals surface area contributed by atoms with Crippen LogP contribution >= 0.6 is 0 Å². The first-order valence-corrected chi connectivity index (χ1v) is 6.07. The molecule has 0 spiro atoms. The topological polar surface area (TPSA) is 33.6 Å². The Bertz CT molecular complexity index is 488.